The van der Waals surface area contributed by atoms with Crippen LogP contribution in [0.25, 0.3) is 39.0 Å². The number of benzene rings is 3. The summed E-state index contributed by atoms with van der Waals surface area (Å²) in [7, 11) is 0. The van der Waals surface area contributed by atoms with Crippen LogP contribution in [0.1, 0.15) is 96.8 Å². The summed E-state index contributed by atoms with van der Waals surface area (Å²) in [4.78, 5) is 0. The Hall–Kier alpha value is -3.33. The number of nitrogens with zero attached hydrogens (tertiary/aromatic N) is 2. The summed E-state index contributed by atoms with van der Waals surface area (Å²) in [6.45, 7) is 18.8. The van der Waals surface area contributed by atoms with Crippen LogP contribution in [0.3, 0.4) is 0 Å². The number of fused-ring (bicyclic) bond motifs is 6. The minimum Gasteiger partial charge on any atom is -0.456 e. The zero-order valence-corrected chi connectivity index (χ0v) is 24.2. The van der Waals surface area contributed by atoms with Crippen LogP contribution in [0.5, 0.6) is 0 Å². The van der Waals surface area contributed by atoms with Gasteiger partial charge in [0.2, 0.25) is 0 Å². The van der Waals surface area contributed by atoms with E-state index in [1.807, 2.05) is 0 Å². The van der Waals surface area contributed by atoms with Gasteiger partial charge in [-0.25, -0.2) is 4.57 Å². The zero-order valence-electron chi connectivity index (χ0n) is 24.2. The second-order valence-electron chi connectivity index (χ2n) is 12.3. The molecule has 3 heterocycles. The third-order valence-corrected chi connectivity index (χ3v) is 9.87. The van der Waals surface area contributed by atoms with Crippen molar-refractivity contribution >= 4 is 21.9 Å². The number of para-hydroxylation sites is 2. The van der Waals surface area contributed by atoms with Gasteiger partial charge in [-0.1, -0.05) is 84.9 Å². The van der Waals surface area contributed by atoms with Crippen LogP contribution in [-0.4, -0.2) is 4.57 Å². The van der Waals surface area contributed by atoms with Gasteiger partial charge in [0.1, 0.15) is 34.8 Å². The second-order valence-corrected chi connectivity index (χ2v) is 12.3. The molecule has 0 saturated heterocycles. The fraction of sp³-hybridized carbons (Fsp3) is 0.400. The minimum absolute atomic E-state index is 0.0491. The van der Waals surface area contributed by atoms with Crippen LogP contribution >= 0.6 is 0 Å². The quantitative estimate of drug-likeness (QED) is 0.218. The molecule has 38 heavy (non-hydrogen) atoms. The van der Waals surface area contributed by atoms with Crippen LogP contribution in [0.15, 0.2) is 71.4 Å². The van der Waals surface area contributed by atoms with E-state index in [0.29, 0.717) is 11.8 Å². The highest BCUT2D eigenvalue weighted by molar-refractivity contribution is 6.06. The normalized spacial score (nSPS) is 21.0. The summed E-state index contributed by atoms with van der Waals surface area (Å²) in [6, 6.07) is 20.1. The first-order chi connectivity index (χ1) is 18.2. The first-order valence-corrected chi connectivity index (χ1v) is 14.4. The van der Waals surface area contributed by atoms with Gasteiger partial charge in [0.15, 0.2) is 0 Å². The van der Waals surface area contributed by atoms with E-state index in [9.17, 15) is 0 Å². The van der Waals surface area contributed by atoms with Gasteiger partial charge in [0.25, 0.3) is 5.82 Å². The number of hydrogen-bond donors (Lipinski definition) is 0. The Morgan fingerprint density at radius 1 is 0.816 bits per heavy atom. The molecule has 6 rings (SSSR count). The summed E-state index contributed by atoms with van der Waals surface area (Å²) in [6.07, 6.45) is 6.75. The molecule has 2 unspecified atom stereocenters. The number of rotatable bonds is 5. The minimum atomic E-state index is -0.0835. The lowest BCUT2D eigenvalue weighted by atomic mass is 9.61. The molecule has 0 bridgehead atoms. The van der Waals surface area contributed by atoms with Crippen molar-refractivity contribution in [1.29, 1.82) is 0 Å². The Morgan fingerprint density at radius 3 is 2.13 bits per heavy atom. The lowest BCUT2D eigenvalue weighted by Crippen LogP contribution is -2.67. The fourth-order valence-corrected chi connectivity index (χ4v) is 7.12. The lowest BCUT2D eigenvalue weighted by molar-refractivity contribution is -0.764. The summed E-state index contributed by atoms with van der Waals surface area (Å²) in [5.41, 5.74) is 8.65. The molecule has 0 radical (unpaired) electrons. The molecule has 0 aliphatic carbocycles. The Bertz CT molecular complexity index is 1660. The van der Waals surface area contributed by atoms with Gasteiger partial charge < -0.3 is 4.42 Å². The summed E-state index contributed by atoms with van der Waals surface area (Å²) in [5, 5.41) is 2.38. The summed E-state index contributed by atoms with van der Waals surface area (Å²) in [5.74, 6) is 2.12. The van der Waals surface area contributed by atoms with Gasteiger partial charge in [-0.3, -0.25) is 0 Å². The van der Waals surface area contributed by atoms with E-state index in [1.165, 1.54) is 44.5 Å². The molecule has 0 saturated carbocycles. The molecule has 3 aromatic carbocycles. The van der Waals surface area contributed by atoms with Gasteiger partial charge in [-0.05, 0) is 55.4 Å². The molecule has 0 N–H and O–H groups in total. The van der Waals surface area contributed by atoms with E-state index in [2.05, 4.69) is 132 Å². The van der Waals surface area contributed by atoms with Crippen LogP contribution in [0.2, 0.25) is 0 Å². The smallest absolute Gasteiger partial charge is 0.294 e. The molecule has 0 fully saturated rings. The van der Waals surface area contributed by atoms with Gasteiger partial charge in [-0.2, -0.15) is 4.57 Å². The first-order valence-electron chi connectivity index (χ1n) is 14.4. The van der Waals surface area contributed by atoms with Crippen molar-refractivity contribution < 1.29 is 8.98 Å². The highest BCUT2D eigenvalue weighted by Crippen LogP contribution is 2.52. The Labute approximate surface area is 227 Å². The van der Waals surface area contributed by atoms with Crippen molar-refractivity contribution in [2.24, 2.45) is 0 Å². The van der Waals surface area contributed by atoms with Crippen molar-refractivity contribution in [3.05, 3.63) is 83.7 Å². The topological polar surface area (TPSA) is 21.9 Å². The molecule has 0 amide bonds. The maximum atomic E-state index is 6.43. The van der Waals surface area contributed by atoms with Crippen molar-refractivity contribution in [2.75, 3.05) is 0 Å². The third kappa shape index (κ3) is 3.17. The van der Waals surface area contributed by atoms with E-state index < -0.39 is 0 Å². The predicted molar refractivity (Wildman–Crippen MR) is 158 cm³/mol. The molecule has 5 aromatic rings. The fourth-order valence-electron chi connectivity index (χ4n) is 7.12. The van der Waals surface area contributed by atoms with E-state index in [-0.39, 0.29) is 11.0 Å². The summed E-state index contributed by atoms with van der Waals surface area (Å²) >= 11 is 0. The molecule has 1 aliphatic rings. The van der Waals surface area contributed by atoms with Gasteiger partial charge in [0, 0.05) is 27.3 Å². The van der Waals surface area contributed by atoms with Crippen LogP contribution < -0.4 is 4.57 Å². The number of imidazole rings is 1. The highest BCUT2D eigenvalue weighted by Gasteiger charge is 2.55. The van der Waals surface area contributed by atoms with E-state index in [4.69, 9.17) is 4.42 Å². The average Bonchev–Trinajstić information content (AvgIpc) is 3.52. The van der Waals surface area contributed by atoms with E-state index in [1.54, 1.807) is 0 Å². The van der Waals surface area contributed by atoms with Gasteiger partial charge >= 0.3 is 0 Å². The largest absolute Gasteiger partial charge is 0.456 e. The van der Waals surface area contributed by atoms with Crippen molar-refractivity contribution in [3.8, 4) is 17.1 Å². The molecule has 3 heteroatoms. The van der Waals surface area contributed by atoms with Crippen LogP contribution in [0.4, 0.5) is 0 Å². The molecule has 1 aliphatic heterocycles. The van der Waals surface area contributed by atoms with E-state index >= 15 is 0 Å². The lowest BCUT2D eigenvalue weighted by Gasteiger charge is -2.47. The van der Waals surface area contributed by atoms with Gasteiger partial charge in [0.05, 0.1) is 5.56 Å². The summed E-state index contributed by atoms with van der Waals surface area (Å²) < 4.78 is 11.5. The van der Waals surface area contributed by atoms with E-state index in [0.717, 1.165) is 24.0 Å². The average molecular weight is 506 g/mol. The maximum Gasteiger partial charge on any atom is 0.294 e. The zero-order chi connectivity index (χ0) is 27.0. The Balaban J connectivity index is 1.78. The molecule has 0 spiro atoms. The highest BCUT2D eigenvalue weighted by atomic mass is 16.3. The molecule has 3 nitrogen and oxygen atoms in total. The Kier molecular flexibility index (Phi) is 5.65. The first kappa shape index (κ1) is 25.0. The van der Waals surface area contributed by atoms with Crippen molar-refractivity contribution in [2.45, 2.75) is 91.0 Å². The number of hydrogen-bond acceptors (Lipinski definition) is 1. The monoisotopic (exact) mass is 505 g/mol. The maximum absolute atomic E-state index is 6.43. The second kappa shape index (κ2) is 8.59. The standard InChI is InChI=1S/C35H41N2O/c1-9-34(7)29-21-31-27(26-14-11-12-17-30(26)38-31)20-28(29)33-36(18-19-37(33)35(34,8)10-2)32-24(22(3)4)15-13-16-25(32)23(5)6/h11-23H,9-10H2,1-8H3/q+1. The SMILES string of the molecule is CCC1(C)c2cc3oc4ccccc4c3cc2-c2n(-c3c(C(C)C)cccc3C(C)C)cc[n+]2C1(C)CC. The molecular formula is C35H41N2O+. The van der Waals surface area contributed by atoms with Crippen LogP contribution in [-0.2, 0) is 11.0 Å². The number of furan rings is 1. The van der Waals surface area contributed by atoms with Crippen molar-refractivity contribution in [1.82, 2.24) is 4.57 Å². The molecule has 196 valence electrons. The Morgan fingerprint density at radius 2 is 1.50 bits per heavy atom. The van der Waals surface area contributed by atoms with Crippen LogP contribution in [0, 0.1) is 0 Å². The molecule has 2 aromatic heterocycles. The van der Waals surface area contributed by atoms with Gasteiger partial charge in [-0.15, -0.1) is 0 Å². The molecular weight excluding hydrogens is 464 g/mol. The third-order valence-electron chi connectivity index (χ3n) is 9.87. The predicted octanol–water partition coefficient (Wildman–Crippen LogP) is 9.38. The number of aromatic nitrogens is 2. The van der Waals surface area contributed by atoms with Crippen molar-refractivity contribution in [3.63, 3.8) is 0 Å². The molecule has 2 atom stereocenters.